The van der Waals surface area contributed by atoms with Gasteiger partial charge < -0.3 is 10.1 Å². The highest BCUT2D eigenvalue weighted by molar-refractivity contribution is 5.83. The van der Waals surface area contributed by atoms with Crippen molar-refractivity contribution >= 4 is 5.91 Å². The third kappa shape index (κ3) is 3.93. The van der Waals surface area contributed by atoms with Crippen LogP contribution >= 0.6 is 0 Å². The average molecular weight is 326 g/mol. The fourth-order valence-corrected chi connectivity index (χ4v) is 1.42. The minimum Gasteiger partial charge on any atom is -0.372 e. The summed E-state index contributed by atoms with van der Waals surface area (Å²) in [6.07, 6.45) is -2.52. The largest absolute Gasteiger partial charge is 0.383 e. The quantitative estimate of drug-likeness (QED) is 0.775. The Morgan fingerprint density at radius 2 is 2.05 bits per heavy atom. The lowest BCUT2D eigenvalue weighted by Crippen LogP contribution is -2.46. The highest BCUT2D eigenvalue weighted by atomic mass is 19.3. The zero-order chi connectivity index (χ0) is 17.1. The predicted octanol–water partition coefficient (Wildman–Crippen LogP) is 1.74. The molecule has 0 saturated heterocycles. The van der Waals surface area contributed by atoms with Gasteiger partial charge in [-0.25, -0.2) is 13.5 Å². The molecule has 0 aromatic carbocycles. The second kappa shape index (κ2) is 6.59. The van der Waals surface area contributed by atoms with E-state index in [1.165, 1.54) is 18.0 Å². The lowest BCUT2D eigenvalue weighted by atomic mass is 10.1. The molecule has 0 saturated carbocycles. The van der Waals surface area contributed by atoms with Gasteiger partial charge in [-0.3, -0.25) is 4.79 Å². The van der Waals surface area contributed by atoms with Crippen LogP contribution in [0.2, 0.25) is 0 Å². The maximum Gasteiger partial charge on any atom is 0.383 e. The normalized spacial score (nSPS) is 14.2. The number of hydrogen-bond donors (Lipinski definition) is 1. The topological polar surface area (TPSA) is 69.0 Å². The van der Waals surface area contributed by atoms with Crippen LogP contribution in [-0.2, 0) is 15.1 Å². The van der Waals surface area contributed by atoms with Crippen molar-refractivity contribution in [2.24, 2.45) is 0 Å². The van der Waals surface area contributed by atoms with Crippen LogP contribution in [0.1, 0.15) is 32.5 Å². The molecule has 1 N–H and O–H groups in total. The molecule has 10 heteroatoms. The van der Waals surface area contributed by atoms with E-state index in [0.717, 1.165) is 0 Å². The van der Waals surface area contributed by atoms with Crippen molar-refractivity contribution in [2.45, 2.75) is 44.8 Å². The van der Waals surface area contributed by atoms with Gasteiger partial charge >= 0.3 is 12.3 Å². The molecule has 0 bridgehead atoms. The summed E-state index contributed by atoms with van der Waals surface area (Å²) in [6.45, 7) is 4.80. The van der Waals surface area contributed by atoms with Gasteiger partial charge in [0.15, 0.2) is 0 Å². The molecule has 1 aromatic heterocycles. The number of carbonyl (C=O) groups is 1. The number of ether oxygens (including phenoxy) is 1. The first-order valence-corrected chi connectivity index (χ1v) is 6.44. The molecule has 1 heterocycles. The van der Waals surface area contributed by atoms with Crippen LogP contribution in [-0.4, -0.2) is 46.9 Å². The van der Waals surface area contributed by atoms with Crippen LogP contribution in [0.15, 0.2) is 6.20 Å². The first-order valence-electron chi connectivity index (χ1n) is 6.44. The number of aromatic nitrogens is 3. The van der Waals surface area contributed by atoms with Crippen molar-refractivity contribution in [1.29, 1.82) is 0 Å². The molecule has 0 aliphatic rings. The SMILES string of the molecule is COC(C)(C)c1cn(C(C)CNC(=O)C(F)(F)C(F)F)nn1. The van der Waals surface area contributed by atoms with Gasteiger partial charge in [-0.1, -0.05) is 5.21 Å². The second-order valence-electron chi connectivity index (χ2n) is 5.28. The Bertz CT molecular complexity index is 519. The molecule has 1 rings (SSSR count). The van der Waals surface area contributed by atoms with Crippen molar-refractivity contribution < 1.29 is 27.1 Å². The highest BCUT2D eigenvalue weighted by Crippen LogP contribution is 2.23. The highest BCUT2D eigenvalue weighted by Gasteiger charge is 2.48. The van der Waals surface area contributed by atoms with Crippen molar-refractivity contribution in [3.05, 3.63) is 11.9 Å². The van der Waals surface area contributed by atoms with Gasteiger partial charge in [-0.2, -0.15) is 8.78 Å². The molecular weight excluding hydrogens is 308 g/mol. The molecule has 126 valence electrons. The number of nitrogens with zero attached hydrogens (tertiary/aromatic N) is 3. The van der Waals surface area contributed by atoms with Gasteiger partial charge in [0.05, 0.1) is 12.2 Å². The summed E-state index contributed by atoms with van der Waals surface area (Å²) in [6, 6.07) is -0.550. The third-order valence-corrected chi connectivity index (χ3v) is 3.22. The Kier molecular flexibility index (Phi) is 5.49. The Morgan fingerprint density at radius 1 is 1.45 bits per heavy atom. The molecule has 0 aliphatic carbocycles. The number of rotatable bonds is 7. The summed E-state index contributed by atoms with van der Waals surface area (Å²) < 4.78 is 56.2. The van der Waals surface area contributed by atoms with E-state index in [0.29, 0.717) is 5.69 Å². The maximum absolute atomic E-state index is 12.8. The Labute approximate surface area is 124 Å². The van der Waals surface area contributed by atoms with Gasteiger partial charge in [0, 0.05) is 13.7 Å². The maximum atomic E-state index is 12.8. The zero-order valence-electron chi connectivity index (χ0n) is 12.6. The van der Waals surface area contributed by atoms with E-state index in [9.17, 15) is 22.4 Å². The van der Waals surface area contributed by atoms with Gasteiger partial charge in [-0.05, 0) is 20.8 Å². The fourth-order valence-electron chi connectivity index (χ4n) is 1.42. The van der Waals surface area contributed by atoms with Crippen LogP contribution < -0.4 is 5.32 Å². The summed E-state index contributed by atoms with van der Waals surface area (Å²) in [5.74, 6) is -6.74. The second-order valence-corrected chi connectivity index (χ2v) is 5.28. The van der Waals surface area contributed by atoms with Gasteiger partial charge in [0.25, 0.3) is 5.91 Å². The van der Waals surface area contributed by atoms with Crippen molar-refractivity contribution in [1.82, 2.24) is 20.3 Å². The standard InChI is InChI=1S/C12H18F4N4O2/c1-7(5-17-10(21)12(15,16)9(13)14)20-6-8(18-19-20)11(2,3)22-4/h6-7,9H,5H2,1-4H3,(H,17,21). The van der Waals surface area contributed by atoms with E-state index in [2.05, 4.69) is 10.3 Å². The summed E-state index contributed by atoms with van der Waals surface area (Å²) in [7, 11) is 1.50. The lowest BCUT2D eigenvalue weighted by Gasteiger charge is -2.19. The van der Waals surface area contributed by atoms with E-state index < -0.39 is 29.9 Å². The Hall–Kier alpha value is -1.71. The number of methoxy groups -OCH3 is 1. The van der Waals surface area contributed by atoms with Gasteiger partial charge in [0.2, 0.25) is 0 Å². The number of nitrogens with one attached hydrogen (secondary N) is 1. The van der Waals surface area contributed by atoms with Crippen LogP contribution in [0.25, 0.3) is 0 Å². The van der Waals surface area contributed by atoms with Gasteiger partial charge in [0.1, 0.15) is 11.3 Å². The molecule has 0 spiro atoms. The van der Waals surface area contributed by atoms with Crippen LogP contribution in [0.5, 0.6) is 0 Å². The Balaban J connectivity index is 2.67. The van der Waals surface area contributed by atoms with E-state index in [-0.39, 0.29) is 6.54 Å². The van der Waals surface area contributed by atoms with Crippen LogP contribution in [0.3, 0.4) is 0 Å². The van der Waals surface area contributed by atoms with E-state index >= 15 is 0 Å². The first kappa shape index (κ1) is 18.3. The van der Waals surface area contributed by atoms with Gasteiger partial charge in [-0.15, -0.1) is 5.10 Å². The van der Waals surface area contributed by atoms with Crippen molar-refractivity contribution in [3.8, 4) is 0 Å². The summed E-state index contributed by atoms with van der Waals surface area (Å²) in [5.41, 5.74) is -0.185. The summed E-state index contributed by atoms with van der Waals surface area (Å²) >= 11 is 0. The summed E-state index contributed by atoms with van der Waals surface area (Å²) in [5, 5.41) is 9.47. The van der Waals surface area contributed by atoms with E-state index in [4.69, 9.17) is 4.74 Å². The predicted molar refractivity (Wildman–Crippen MR) is 68.7 cm³/mol. The van der Waals surface area contributed by atoms with E-state index in [1.54, 1.807) is 26.1 Å². The summed E-state index contributed by atoms with van der Waals surface area (Å²) in [4.78, 5) is 11.0. The third-order valence-electron chi connectivity index (χ3n) is 3.22. The number of alkyl halides is 4. The Morgan fingerprint density at radius 3 is 2.55 bits per heavy atom. The molecule has 1 aromatic rings. The smallest absolute Gasteiger partial charge is 0.372 e. The molecule has 0 fully saturated rings. The average Bonchev–Trinajstić information content (AvgIpc) is 2.94. The van der Waals surface area contributed by atoms with E-state index in [1.807, 2.05) is 0 Å². The van der Waals surface area contributed by atoms with Crippen molar-refractivity contribution in [3.63, 3.8) is 0 Å². The van der Waals surface area contributed by atoms with Crippen LogP contribution in [0.4, 0.5) is 17.6 Å². The number of hydrogen-bond acceptors (Lipinski definition) is 4. The molecule has 1 amide bonds. The lowest BCUT2D eigenvalue weighted by molar-refractivity contribution is -0.169. The molecular formula is C12H18F4N4O2. The number of halogens is 4. The molecule has 6 nitrogen and oxygen atoms in total. The minimum absolute atomic E-state index is 0.294. The number of carbonyl (C=O) groups excluding carboxylic acids is 1. The van der Waals surface area contributed by atoms with Crippen LogP contribution in [0, 0.1) is 0 Å². The molecule has 1 atom stereocenters. The minimum atomic E-state index is -4.72. The molecule has 0 radical (unpaired) electrons. The molecule has 0 aliphatic heterocycles. The number of amides is 1. The fraction of sp³-hybridized carbons (Fsp3) is 0.750. The zero-order valence-corrected chi connectivity index (χ0v) is 12.6. The monoisotopic (exact) mass is 326 g/mol. The van der Waals surface area contributed by atoms with Crippen molar-refractivity contribution in [2.75, 3.05) is 13.7 Å². The molecule has 1 unspecified atom stereocenters. The molecule has 22 heavy (non-hydrogen) atoms. The first-order chi connectivity index (χ1) is 10.0.